The first-order valence-electron chi connectivity index (χ1n) is 14.0. The first-order valence-corrected chi connectivity index (χ1v) is 14.3. The Morgan fingerprint density at radius 2 is 1.84 bits per heavy atom. The van der Waals surface area contributed by atoms with Crippen LogP contribution in [0.15, 0.2) is 48.7 Å². The van der Waals surface area contributed by atoms with Crippen molar-refractivity contribution in [3.63, 3.8) is 0 Å². The molecule has 0 aliphatic carbocycles. The highest BCUT2D eigenvalue weighted by Gasteiger charge is 2.42. The van der Waals surface area contributed by atoms with E-state index in [0.29, 0.717) is 56.1 Å². The SMILES string of the molecule is COC(=O)N[C@H](C(=O)N1C[C@@H](C)C[C@H]1c1ncc(-c2ccc(-c3cc(Cl)ccc3OC(F)(F)F)cc2)[nH]1)C1CCOCC1. The maximum Gasteiger partial charge on any atom is 0.573 e. The molecule has 0 bridgehead atoms. The Morgan fingerprint density at radius 1 is 1.14 bits per heavy atom. The summed E-state index contributed by atoms with van der Waals surface area (Å²) in [6.07, 6.45) is -1.86. The van der Waals surface area contributed by atoms with Gasteiger partial charge < -0.3 is 29.4 Å². The zero-order valence-corrected chi connectivity index (χ0v) is 24.4. The molecule has 43 heavy (non-hydrogen) atoms. The molecule has 230 valence electrons. The van der Waals surface area contributed by atoms with Crippen molar-refractivity contribution in [1.82, 2.24) is 20.2 Å². The highest BCUT2D eigenvalue weighted by Crippen LogP contribution is 2.38. The quantitative estimate of drug-likeness (QED) is 0.319. The molecule has 13 heteroatoms. The number of amides is 2. The number of benzene rings is 2. The lowest BCUT2D eigenvalue weighted by molar-refractivity contribution is -0.274. The van der Waals surface area contributed by atoms with Crippen molar-refractivity contribution in [2.45, 2.75) is 44.6 Å². The number of imidazole rings is 1. The molecule has 3 atom stereocenters. The first-order chi connectivity index (χ1) is 20.5. The third-order valence-corrected chi connectivity index (χ3v) is 8.08. The molecular formula is C30H32ClF3N4O5. The van der Waals surface area contributed by atoms with Crippen LogP contribution in [0.3, 0.4) is 0 Å². The number of nitrogens with zero attached hydrogens (tertiary/aromatic N) is 2. The predicted molar refractivity (Wildman–Crippen MR) is 152 cm³/mol. The fourth-order valence-corrected chi connectivity index (χ4v) is 5.94. The molecule has 2 N–H and O–H groups in total. The van der Waals surface area contributed by atoms with Gasteiger partial charge in [0.1, 0.15) is 17.6 Å². The van der Waals surface area contributed by atoms with E-state index in [-0.39, 0.29) is 40.1 Å². The van der Waals surface area contributed by atoms with Crippen LogP contribution in [0.4, 0.5) is 18.0 Å². The minimum atomic E-state index is -4.85. The maximum absolute atomic E-state index is 13.9. The number of alkyl carbamates (subject to hydrolysis) is 1. The number of hydrogen-bond donors (Lipinski definition) is 2. The average molecular weight is 621 g/mol. The van der Waals surface area contributed by atoms with Gasteiger partial charge in [0.05, 0.1) is 25.0 Å². The fraction of sp³-hybridized carbons (Fsp3) is 0.433. The van der Waals surface area contributed by atoms with Crippen molar-refractivity contribution in [3.8, 4) is 28.1 Å². The maximum atomic E-state index is 13.9. The van der Waals surface area contributed by atoms with Crippen LogP contribution in [0.5, 0.6) is 5.75 Å². The topological polar surface area (TPSA) is 106 Å². The molecule has 1 aromatic heterocycles. The Bertz CT molecular complexity index is 1440. The molecule has 0 saturated carbocycles. The Hall–Kier alpha value is -3.77. The van der Waals surface area contributed by atoms with Gasteiger partial charge >= 0.3 is 12.5 Å². The third kappa shape index (κ3) is 7.24. The highest BCUT2D eigenvalue weighted by atomic mass is 35.5. The van der Waals surface area contributed by atoms with Crippen LogP contribution in [0.2, 0.25) is 5.02 Å². The zero-order valence-electron chi connectivity index (χ0n) is 23.6. The second-order valence-corrected chi connectivity index (χ2v) is 11.3. The van der Waals surface area contributed by atoms with Crippen LogP contribution in [0.1, 0.15) is 38.1 Å². The molecular weight excluding hydrogens is 589 g/mol. The summed E-state index contributed by atoms with van der Waals surface area (Å²) in [5, 5.41) is 3.03. The van der Waals surface area contributed by atoms with Crippen molar-refractivity contribution in [3.05, 3.63) is 59.5 Å². The number of methoxy groups -OCH3 is 1. The van der Waals surface area contributed by atoms with Crippen LogP contribution in [0.25, 0.3) is 22.4 Å². The van der Waals surface area contributed by atoms with Gasteiger partial charge in [-0.1, -0.05) is 42.8 Å². The van der Waals surface area contributed by atoms with E-state index in [1.807, 2.05) is 0 Å². The molecule has 2 aliphatic rings. The summed E-state index contributed by atoms with van der Waals surface area (Å²) in [4.78, 5) is 35.7. The number of hydrogen-bond acceptors (Lipinski definition) is 6. The Balaban J connectivity index is 1.37. The second kappa shape index (κ2) is 12.8. The molecule has 5 rings (SSSR count). The van der Waals surface area contributed by atoms with E-state index < -0.39 is 18.5 Å². The van der Waals surface area contributed by atoms with Crippen molar-refractivity contribution < 1.29 is 37.0 Å². The number of carbonyl (C=O) groups excluding carboxylic acids is 2. The normalized spacial score (nSPS) is 20.1. The lowest BCUT2D eigenvalue weighted by atomic mass is 9.90. The van der Waals surface area contributed by atoms with Gasteiger partial charge in [0.15, 0.2) is 0 Å². The standard InChI is InChI=1S/C30H32ClF3N4O5/c1-17-13-24(38(16-17)28(39)26(37-29(40)41-2)20-9-11-42-12-10-20)27-35-15-23(36-27)19-5-3-18(4-6-19)22-14-21(31)7-8-25(22)43-30(32,33)34/h3-8,14-15,17,20,24,26H,9-13,16H2,1-2H3,(H,35,36)(H,37,40)/t17-,24-,26-/m0/s1. The van der Waals surface area contributed by atoms with Crippen molar-refractivity contribution in [2.75, 3.05) is 26.9 Å². The monoisotopic (exact) mass is 620 g/mol. The molecule has 9 nitrogen and oxygen atoms in total. The number of likely N-dealkylation sites (tertiary alicyclic amines) is 1. The van der Waals surface area contributed by atoms with E-state index in [0.717, 1.165) is 5.56 Å². The number of carbonyl (C=O) groups is 2. The van der Waals surface area contributed by atoms with Gasteiger partial charge in [0, 0.05) is 30.3 Å². The largest absolute Gasteiger partial charge is 0.573 e. The minimum absolute atomic E-state index is 0.0795. The van der Waals surface area contributed by atoms with Crippen LogP contribution >= 0.6 is 11.6 Å². The van der Waals surface area contributed by atoms with Crippen LogP contribution in [-0.2, 0) is 14.3 Å². The summed E-state index contributed by atoms with van der Waals surface area (Å²) in [5.41, 5.74) is 2.12. The fourth-order valence-electron chi connectivity index (χ4n) is 5.77. The molecule has 2 fully saturated rings. The smallest absolute Gasteiger partial charge is 0.453 e. The summed E-state index contributed by atoms with van der Waals surface area (Å²) < 4.78 is 53.3. The van der Waals surface area contributed by atoms with Crippen LogP contribution < -0.4 is 10.1 Å². The molecule has 0 spiro atoms. The summed E-state index contributed by atoms with van der Waals surface area (Å²) in [6, 6.07) is 9.73. The van der Waals surface area contributed by atoms with E-state index in [4.69, 9.17) is 21.1 Å². The molecule has 2 aliphatic heterocycles. The van der Waals surface area contributed by atoms with E-state index in [1.165, 1.54) is 25.3 Å². The van der Waals surface area contributed by atoms with Gasteiger partial charge in [-0.3, -0.25) is 4.79 Å². The predicted octanol–water partition coefficient (Wildman–Crippen LogP) is 6.36. The van der Waals surface area contributed by atoms with E-state index in [2.05, 4.69) is 26.9 Å². The Morgan fingerprint density at radius 3 is 2.51 bits per heavy atom. The van der Waals surface area contributed by atoms with E-state index >= 15 is 0 Å². The van der Waals surface area contributed by atoms with Gasteiger partial charge in [-0.05, 0) is 60.4 Å². The zero-order chi connectivity index (χ0) is 30.7. The summed E-state index contributed by atoms with van der Waals surface area (Å²) >= 11 is 6.06. The van der Waals surface area contributed by atoms with Gasteiger partial charge in [-0.15, -0.1) is 13.2 Å². The second-order valence-electron chi connectivity index (χ2n) is 10.9. The lowest BCUT2D eigenvalue weighted by Crippen LogP contribution is -2.53. The number of aromatic nitrogens is 2. The van der Waals surface area contributed by atoms with Gasteiger partial charge in [-0.25, -0.2) is 9.78 Å². The number of rotatable bonds is 7. The molecule has 0 radical (unpaired) electrons. The third-order valence-electron chi connectivity index (χ3n) is 7.84. The number of alkyl halides is 3. The average Bonchev–Trinajstić information content (AvgIpc) is 3.63. The van der Waals surface area contributed by atoms with E-state index in [1.54, 1.807) is 35.4 Å². The summed E-state index contributed by atoms with van der Waals surface area (Å²) in [6.45, 7) is 3.61. The summed E-state index contributed by atoms with van der Waals surface area (Å²) in [5.74, 6) is 0.197. The number of aromatic amines is 1. The minimum Gasteiger partial charge on any atom is -0.453 e. The van der Waals surface area contributed by atoms with E-state index in [9.17, 15) is 22.8 Å². The summed E-state index contributed by atoms with van der Waals surface area (Å²) in [7, 11) is 1.27. The number of H-pyrrole nitrogens is 1. The highest BCUT2D eigenvalue weighted by molar-refractivity contribution is 6.31. The molecule has 3 aromatic rings. The molecule has 2 aromatic carbocycles. The number of nitrogens with one attached hydrogen (secondary N) is 2. The van der Waals surface area contributed by atoms with Crippen molar-refractivity contribution in [2.24, 2.45) is 11.8 Å². The molecule has 3 heterocycles. The first kappa shape index (κ1) is 30.7. The van der Waals surface area contributed by atoms with Gasteiger partial charge in [0.2, 0.25) is 5.91 Å². The molecule has 0 unspecified atom stereocenters. The Kier molecular flexibility index (Phi) is 9.16. The number of ether oxygens (including phenoxy) is 3. The molecule has 2 amide bonds. The van der Waals surface area contributed by atoms with Crippen LogP contribution in [0, 0.1) is 11.8 Å². The van der Waals surface area contributed by atoms with Gasteiger partial charge in [-0.2, -0.15) is 0 Å². The van der Waals surface area contributed by atoms with Crippen molar-refractivity contribution >= 4 is 23.6 Å². The number of halogens is 4. The molecule has 2 saturated heterocycles. The van der Waals surface area contributed by atoms with Gasteiger partial charge in [0.25, 0.3) is 0 Å². The van der Waals surface area contributed by atoms with Crippen molar-refractivity contribution in [1.29, 1.82) is 0 Å². The lowest BCUT2D eigenvalue weighted by Gasteiger charge is -2.34. The van der Waals surface area contributed by atoms with Crippen LogP contribution in [-0.4, -0.2) is 66.1 Å². The Labute approximate surface area is 251 Å².